The second kappa shape index (κ2) is 6.78. The maximum absolute atomic E-state index is 14.4. The average molecular weight is 290 g/mol. The highest BCUT2D eigenvalue weighted by atomic mass is 19.1. The van der Waals surface area contributed by atoms with Gasteiger partial charge in [-0.1, -0.05) is 25.5 Å². The lowest BCUT2D eigenvalue weighted by molar-refractivity contribution is 0.459. The Morgan fingerprint density at radius 3 is 2.81 bits per heavy atom. The molecule has 0 radical (unpaired) electrons. The minimum Gasteiger partial charge on any atom is -0.369 e. The molecule has 3 heteroatoms. The van der Waals surface area contributed by atoms with Gasteiger partial charge in [-0.15, -0.1) is 0 Å². The number of hydrogen-bond donors (Lipinski definition) is 1. The van der Waals surface area contributed by atoms with E-state index in [2.05, 4.69) is 23.2 Å². The molecule has 0 bridgehead atoms. The molecule has 0 amide bonds. The van der Waals surface area contributed by atoms with E-state index in [4.69, 9.17) is 0 Å². The van der Waals surface area contributed by atoms with Gasteiger partial charge in [0.25, 0.3) is 0 Å². The smallest absolute Gasteiger partial charge is 0.146 e. The second-order valence-corrected chi connectivity index (χ2v) is 6.59. The predicted octanol–water partition coefficient (Wildman–Crippen LogP) is 4.09. The Labute approximate surface area is 127 Å². The minimum absolute atomic E-state index is 0.0555. The molecule has 1 heterocycles. The molecule has 116 valence electrons. The van der Waals surface area contributed by atoms with E-state index in [0.29, 0.717) is 6.04 Å². The number of benzene rings is 1. The van der Waals surface area contributed by atoms with Crippen LogP contribution in [0.3, 0.4) is 0 Å². The molecule has 2 nitrogen and oxygen atoms in total. The lowest BCUT2D eigenvalue weighted by Crippen LogP contribution is -2.28. The molecule has 2 aliphatic rings. The summed E-state index contributed by atoms with van der Waals surface area (Å²) >= 11 is 0. The van der Waals surface area contributed by atoms with E-state index in [0.717, 1.165) is 36.8 Å². The summed E-state index contributed by atoms with van der Waals surface area (Å²) in [6.07, 6.45) is 7.46. The molecule has 1 saturated heterocycles. The summed E-state index contributed by atoms with van der Waals surface area (Å²) in [6, 6.07) is 6.19. The Bertz CT molecular complexity index is 470. The van der Waals surface area contributed by atoms with Gasteiger partial charge in [0.2, 0.25) is 0 Å². The van der Waals surface area contributed by atoms with Crippen molar-refractivity contribution in [2.75, 3.05) is 18.0 Å². The quantitative estimate of drug-likeness (QED) is 0.878. The summed E-state index contributed by atoms with van der Waals surface area (Å²) in [5, 5.41) is 3.52. The van der Waals surface area contributed by atoms with Gasteiger partial charge < -0.3 is 10.2 Å². The highest BCUT2D eigenvalue weighted by Crippen LogP contribution is 2.30. The molecule has 1 saturated carbocycles. The van der Waals surface area contributed by atoms with Crippen LogP contribution in [0.25, 0.3) is 0 Å². The van der Waals surface area contributed by atoms with Crippen molar-refractivity contribution in [2.45, 2.75) is 58.0 Å². The van der Waals surface area contributed by atoms with Gasteiger partial charge in [-0.2, -0.15) is 0 Å². The van der Waals surface area contributed by atoms with Crippen LogP contribution in [0.4, 0.5) is 10.1 Å². The van der Waals surface area contributed by atoms with Gasteiger partial charge >= 0.3 is 0 Å². The molecule has 0 spiro atoms. The van der Waals surface area contributed by atoms with Crippen LogP contribution in [0.2, 0.25) is 0 Å². The Morgan fingerprint density at radius 1 is 1.19 bits per heavy atom. The van der Waals surface area contributed by atoms with Gasteiger partial charge in [-0.3, -0.25) is 0 Å². The largest absolute Gasteiger partial charge is 0.369 e. The number of nitrogens with zero attached hydrogens (tertiary/aromatic N) is 1. The standard InChI is InChI=1S/C18H27FN2/c1-2-14-5-4-11-21(12-10-14)18-15(6-3-7-17(18)19)13-20-16-8-9-16/h3,6-7,14,16,20H,2,4-5,8-13H2,1H3. The van der Waals surface area contributed by atoms with E-state index in [1.165, 1.54) is 38.5 Å². The summed E-state index contributed by atoms with van der Waals surface area (Å²) in [4.78, 5) is 2.29. The van der Waals surface area contributed by atoms with Crippen LogP contribution in [0.1, 0.15) is 51.0 Å². The van der Waals surface area contributed by atoms with Gasteiger partial charge in [-0.05, 0) is 49.7 Å². The van der Waals surface area contributed by atoms with Crippen LogP contribution < -0.4 is 10.2 Å². The SMILES string of the molecule is CCC1CCCN(c2c(F)cccc2CNC2CC2)CC1. The zero-order valence-corrected chi connectivity index (χ0v) is 13.1. The third-order valence-corrected chi connectivity index (χ3v) is 4.97. The molecule has 3 rings (SSSR count). The molecule has 0 aromatic heterocycles. The van der Waals surface area contributed by atoms with Gasteiger partial charge in [0, 0.05) is 25.7 Å². The summed E-state index contributed by atoms with van der Waals surface area (Å²) in [6.45, 7) is 5.06. The number of hydrogen-bond acceptors (Lipinski definition) is 2. The average Bonchev–Trinajstić information content (AvgIpc) is 3.32. The van der Waals surface area contributed by atoms with Crippen molar-refractivity contribution in [1.82, 2.24) is 5.32 Å². The first-order chi connectivity index (χ1) is 10.3. The summed E-state index contributed by atoms with van der Waals surface area (Å²) in [5.41, 5.74) is 1.97. The summed E-state index contributed by atoms with van der Waals surface area (Å²) in [7, 11) is 0. The van der Waals surface area contributed by atoms with Crippen LogP contribution in [0, 0.1) is 11.7 Å². The summed E-state index contributed by atoms with van der Waals surface area (Å²) in [5.74, 6) is 0.759. The van der Waals surface area contributed by atoms with Crippen molar-refractivity contribution in [3.05, 3.63) is 29.6 Å². The van der Waals surface area contributed by atoms with Crippen LogP contribution in [-0.2, 0) is 6.54 Å². The van der Waals surface area contributed by atoms with E-state index in [-0.39, 0.29) is 5.82 Å². The van der Waals surface area contributed by atoms with Crippen molar-refractivity contribution < 1.29 is 4.39 Å². The summed E-state index contributed by atoms with van der Waals surface area (Å²) < 4.78 is 14.4. The fourth-order valence-electron chi connectivity index (χ4n) is 3.40. The molecule has 1 atom stereocenters. The first-order valence-electron chi connectivity index (χ1n) is 8.53. The normalized spacial score (nSPS) is 23.1. The highest BCUT2D eigenvalue weighted by molar-refractivity contribution is 5.55. The lowest BCUT2D eigenvalue weighted by Gasteiger charge is -2.26. The second-order valence-electron chi connectivity index (χ2n) is 6.59. The van der Waals surface area contributed by atoms with E-state index in [1.54, 1.807) is 6.07 Å². The third-order valence-electron chi connectivity index (χ3n) is 4.97. The molecule has 1 aromatic carbocycles. The van der Waals surface area contributed by atoms with Crippen LogP contribution >= 0.6 is 0 Å². The molecular weight excluding hydrogens is 263 g/mol. The molecule has 1 aromatic rings. The highest BCUT2D eigenvalue weighted by Gasteiger charge is 2.23. The predicted molar refractivity (Wildman–Crippen MR) is 86.1 cm³/mol. The number of para-hydroxylation sites is 1. The van der Waals surface area contributed by atoms with Crippen LogP contribution in [0.5, 0.6) is 0 Å². The number of halogens is 1. The lowest BCUT2D eigenvalue weighted by atomic mass is 9.98. The molecule has 1 N–H and O–H groups in total. The van der Waals surface area contributed by atoms with E-state index in [1.807, 2.05) is 6.07 Å². The molecule has 2 fully saturated rings. The fraction of sp³-hybridized carbons (Fsp3) is 0.667. The van der Waals surface area contributed by atoms with Crippen molar-refractivity contribution in [3.63, 3.8) is 0 Å². The van der Waals surface area contributed by atoms with Crippen molar-refractivity contribution in [1.29, 1.82) is 0 Å². The topological polar surface area (TPSA) is 15.3 Å². The van der Waals surface area contributed by atoms with E-state index in [9.17, 15) is 4.39 Å². The number of rotatable bonds is 5. The third kappa shape index (κ3) is 3.76. The Morgan fingerprint density at radius 2 is 2.05 bits per heavy atom. The van der Waals surface area contributed by atoms with Gasteiger partial charge in [0.05, 0.1) is 5.69 Å². The van der Waals surface area contributed by atoms with Crippen molar-refractivity contribution in [3.8, 4) is 0 Å². The maximum atomic E-state index is 14.4. The molecular formula is C18H27FN2. The minimum atomic E-state index is -0.0555. The zero-order chi connectivity index (χ0) is 14.7. The molecule has 1 aliphatic carbocycles. The van der Waals surface area contributed by atoms with Gasteiger partial charge in [0.15, 0.2) is 0 Å². The van der Waals surface area contributed by atoms with E-state index >= 15 is 0 Å². The van der Waals surface area contributed by atoms with Crippen LogP contribution in [0.15, 0.2) is 18.2 Å². The maximum Gasteiger partial charge on any atom is 0.146 e. The zero-order valence-electron chi connectivity index (χ0n) is 13.1. The number of nitrogens with one attached hydrogen (secondary N) is 1. The fourth-order valence-corrected chi connectivity index (χ4v) is 3.40. The monoisotopic (exact) mass is 290 g/mol. The molecule has 21 heavy (non-hydrogen) atoms. The first kappa shape index (κ1) is 14.8. The Balaban J connectivity index is 1.75. The van der Waals surface area contributed by atoms with E-state index < -0.39 is 0 Å². The van der Waals surface area contributed by atoms with Crippen molar-refractivity contribution in [2.24, 2.45) is 5.92 Å². The number of anilines is 1. The first-order valence-corrected chi connectivity index (χ1v) is 8.53. The molecule has 1 unspecified atom stereocenters. The van der Waals surface area contributed by atoms with Gasteiger partial charge in [-0.25, -0.2) is 4.39 Å². The molecule has 1 aliphatic heterocycles. The Kier molecular flexibility index (Phi) is 4.79. The Hall–Kier alpha value is -1.09. The van der Waals surface area contributed by atoms with Crippen LogP contribution in [-0.4, -0.2) is 19.1 Å². The van der Waals surface area contributed by atoms with Gasteiger partial charge in [0.1, 0.15) is 5.82 Å². The van der Waals surface area contributed by atoms with Crippen molar-refractivity contribution >= 4 is 5.69 Å².